The molecule has 0 fully saturated rings. The number of aromatic nitrogens is 2. The lowest BCUT2D eigenvalue weighted by Gasteiger charge is -2.11. The third-order valence-corrected chi connectivity index (χ3v) is 3.14. The van der Waals surface area contributed by atoms with Crippen LogP contribution in [0.2, 0.25) is 0 Å². The average Bonchev–Trinajstić information content (AvgIpc) is 2.43. The highest BCUT2D eigenvalue weighted by Crippen LogP contribution is 2.10. The highest BCUT2D eigenvalue weighted by atomic mass is 16.2. The molecule has 0 N–H and O–H groups in total. The van der Waals surface area contributed by atoms with Gasteiger partial charge in [-0.25, -0.2) is 4.79 Å². The second kappa shape index (κ2) is 5.10. The van der Waals surface area contributed by atoms with Gasteiger partial charge in [0, 0.05) is 18.8 Å². The van der Waals surface area contributed by atoms with Gasteiger partial charge in [-0.05, 0) is 18.1 Å². The number of benzene rings is 1. The molecule has 0 amide bonds. The zero-order valence-corrected chi connectivity index (χ0v) is 11.1. The van der Waals surface area contributed by atoms with Gasteiger partial charge in [0.25, 0.3) is 5.56 Å². The molecule has 0 aliphatic carbocycles. The fourth-order valence-corrected chi connectivity index (χ4v) is 2.06. The summed E-state index contributed by atoms with van der Waals surface area (Å²) in [5, 5.41) is 0. The van der Waals surface area contributed by atoms with Crippen molar-refractivity contribution in [2.45, 2.75) is 13.5 Å². The van der Waals surface area contributed by atoms with Crippen LogP contribution >= 0.6 is 0 Å². The fourth-order valence-electron chi connectivity index (χ4n) is 2.06. The van der Waals surface area contributed by atoms with Gasteiger partial charge in [0.05, 0.1) is 6.54 Å². The molecule has 2 rings (SSSR count). The van der Waals surface area contributed by atoms with Crippen LogP contribution in [0.1, 0.15) is 16.7 Å². The maximum Gasteiger partial charge on any atom is 0.331 e. The van der Waals surface area contributed by atoms with Crippen molar-refractivity contribution in [2.75, 3.05) is 0 Å². The predicted octanol–water partition coefficient (Wildman–Crippen LogP) is 1.55. The van der Waals surface area contributed by atoms with Crippen LogP contribution < -0.4 is 11.2 Å². The molecular formula is C15H16N2O2. The summed E-state index contributed by atoms with van der Waals surface area (Å²) in [7, 11) is 1.49. The van der Waals surface area contributed by atoms with Crippen LogP contribution in [-0.2, 0) is 13.6 Å². The minimum atomic E-state index is -0.311. The van der Waals surface area contributed by atoms with E-state index in [4.69, 9.17) is 0 Å². The second-order valence-electron chi connectivity index (χ2n) is 4.49. The number of hydrogen-bond acceptors (Lipinski definition) is 2. The van der Waals surface area contributed by atoms with Gasteiger partial charge >= 0.3 is 5.69 Å². The van der Waals surface area contributed by atoms with E-state index in [1.165, 1.54) is 7.05 Å². The number of rotatable bonds is 3. The summed E-state index contributed by atoms with van der Waals surface area (Å²) in [6, 6.07) is 7.74. The van der Waals surface area contributed by atoms with Crippen molar-refractivity contribution >= 4 is 6.08 Å². The van der Waals surface area contributed by atoms with E-state index < -0.39 is 0 Å². The van der Waals surface area contributed by atoms with Gasteiger partial charge in [-0.3, -0.25) is 13.9 Å². The third kappa shape index (κ3) is 2.42. The summed E-state index contributed by atoms with van der Waals surface area (Å²) in [4.78, 5) is 23.7. The summed E-state index contributed by atoms with van der Waals surface area (Å²) in [5.41, 5.74) is 1.98. The van der Waals surface area contributed by atoms with Crippen molar-refractivity contribution in [3.63, 3.8) is 0 Å². The molecule has 0 aliphatic heterocycles. The Balaban J connectivity index is 2.53. The van der Waals surface area contributed by atoms with E-state index in [-0.39, 0.29) is 11.2 Å². The van der Waals surface area contributed by atoms with Gasteiger partial charge < -0.3 is 0 Å². The molecule has 1 aromatic heterocycles. The van der Waals surface area contributed by atoms with Crippen LogP contribution in [0.25, 0.3) is 6.08 Å². The van der Waals surface area contributed by atoms with Crippen LogP contribution in [0.15, 0.2) is 46.6 Å². The minimum Gasteiger partial charge on any atom is -0.296 e. The van der Waals surface area contributed by atoms with Crippen LogP contribution in [-0.4, -0.2) is 9.13 Å². The first kappa shape index (κ1) is 13.1. The second-order valence-corrected chi connectivity index (χ2v) is 4.49. The zero-order valence-electron chi connectivity index (χ0n) is 11.1. The summed E-state index contributed by atoms with van der Waals surface area (Å²) < 4.78 is 2.67. The maximum absolute atomic E-state index is 12.0. The van der Waals surface area contributed by atoms with Crippen LogP contribution in [0.4, 0.5) is 0 Å². The summed E-state index contributed by atoms with van der Waals surface area (Å²) in [5.74, 6) is 0. The predicted molar refractivity (Wildman–Crippen MR) is 76.3 cm³/mol. The Hall–Kier alpha value is -2.36. The summed E-state index contributed by atoms with van der Waals surface area (Å²) in [6.07, 6.45) is 3.36. The van der Waals surface area contributed by atoms with Crippen LogP contribution in [0.5, 0.6) is 0 Å². The Kier molecular flexibility index (Phi) is 3.51. The molecule has 4 nitrogen and oxygen atoms in total. The van der Waals surface area contributed by atoms with E-state index in [1.54, 1.807) is 23.8 Å². The molecule has 2 aromatic rings. The Labute approximate surface area is 111 Å². The molecule has 4 heteroatoms. The van der Waals surface area contributed by atoms with E-state index in [0.717, 1.165) is 15.7 Å². The quantitative estimate of drug-likeness (QED) is 0.836. The molecule has 1 aromatic carbocycles. The van der Waals surface area contributed by atoms with Gasteiger partial charge in [0.2, 0.25) is 0 Å². The van der Waals surface area contributed by atoms with Crippen molar-refractivity contribution in [1.29, 1.82) is 0 Å². The third-order valence-electron chi connectivity index (χ3n) is 3.14. The Morgan fingerprint density at radius 3 is 2.63 bits per heavy atom. The highest BCUT2D eigenvalue weighted by molar-refractivity contribution is 5.51. The lowest BCUT2D eigenvalue weighted by Crippen LogP contribution is -2.39. The van der Waals surface area contributed by atoms with E-state index in [0.29, 0.717) is 12.1 Å². The first-order chi connectivity index (χ1) is 9.04. The van der Waals surface area contributed by atoms with E-state index in [2.05, 4.69) is 6.58 Å². The first-order valence-corrected chi connectivity index (χ1v) is 6.02. The van der Waals surface area contributed by atoms with Crippen molar-refractivity contribution in [1.82, 2.24) is 9.13 Å². The normalized spacial score (nSPS) is 10.4. The molecule has 1 heterocycles. The van der Waals surface area contributed by atoms with Gasteiger partial charge in [-0.15, -0.1) is 0 Å². The largest absolute Gasteiger partial charge is 0.331 e. The van der Waals surface area contributed by atoms with Gasteiger partial charge in [0.1, 0.15) is 0 Å². The van der Waals surface area contributed by atoms with Crippen molar-refractivity contribution in [3.8, 4) is 0 Å². The molecule has 0 unspecified atom stereocenters. The van der Waals surface area contributed by atoms with Crippen LogP contribution in [0.3, 0.4) is 0 Å². The van der Waals surface area contributed by atoms with Crippen molar-refractivity contribution in [2.24, 2.45) is 7.05 Å². The highest BCUT2D eigenvalue weighted by Gasteiger charge is 2.07. The lowest BCUT2D eigenvalue weighted by molar-refractivity contribution is 0.638. The maximum atomic E-state index is 12.0. The van der Waals surface area contributed by atoms with Crippen LogP contribution in [0, 0.1) is 6.92 Å². The average molecular weight is 256 g/mol. The minimum absolute atomic E-state index is 0.252. The van der Waals surface area contributed by atoms with Gasteiger partial charge in [-0.2, -0.15) is 0 Å². The first-order valence-electron chi connectivity index (χ1n) is 6.02. The number of hydrogen-bond donors (Lipinski definition) is 0. The Bertz CT molecular complexity index is 739. The molecule has 0 radical (unpaired) electrons. The molecule has 0 spiro atoms. The molecule has 0 saturated heterocycles. The molecule has 98 valence electrons. The molecule has 19 heavy (non-hydrogen) atoms. The fraction of sp³-hybridized carbons (Fsp3) is 0.200. The molecule has 0 saturated carbocycles. The number of nitrogens with zero attached hydrogens (tertiary/aromatic N) is 2. The standard InChI is InChI=1S/C15H16N2O2/c1-4-12-7-5-6-8-13(12)10-17-9-11(2)14(18)16(3)15(17)19/h4-9H,1,10H2,2-3H3. The SMILES string of the molecule is C=Cc1ccccc1Cn1cc(C)c(=O)n(C)c1=O. The summed E-state index contributed by atoms with van der Waals surface area (Å²) in [6.45, 7) is 5.89. The van der Waals surface area contributed by atoms with E-state index in [1.807, 2.05) is 24.3 Å². The zero-order chi connectivity index (χ0) is 14.0. The Morgan fingerprint density at radius 1 is 1.26 bits per heavy atom. The monoisotopic (exact) mass is 256 g/mol. The van der Waals surface area contributed by atoms with Crippen molar-refractivity contribution in [3.05, 3.63) is 74.6 Å². The summed E-state index contributed by atoms with van der Waals surface area (Å²) >= 11 is 0. The van der Waals surface area contributed by atoms with E-state index in [9.17, 15) is 9.59 Å². The topological polar surface area (TPSA) is 44.0 Å². The Morgan fingerprint density at radius 2 is 1.95 bits per heavy atom. The van der Waals surface area contributed by atoms with Gasteiger partial charge in [-0.1, -0.05) is 36.9 Å². The molecule has 0 atom stereocenters. The van der Waals surface area contributed by atoms with E-state index >= 15 is 0 Å². The smallest absolute Gasteiger partial charge is 0.296 e. The lowest BCUT2D eigenvalue weighted by atomic mass is 10.1. The molecule has 0 bridgehead atoms. The van der Waals surface area contributed by atoms with Gasteiger partial charge in [0.15, 0.2) is 0 Å². The van der Waals surface area contributed by atoms with Crippen molar-refractivity contribution < 1.29 is 0 Å². The number of aryl methyl sites for hydroxylation is 1. The molecular weight excluding hydrogens is 240 g/mol. The molecule has 0 aliphatic rings.